The van der Waals surface area contributed by atoms with Crippen molar-refractivity contribution in [1.82, 2.24) is 19.7 Å². The number of nitrogens with one attached hydrogen (secondary N) is 1. The summed E-state index contributed by atoms with van der Waals surface area (Å²) in [6.07, 6.45) is 3.41. The van der Waals surface area contributed by atoms with Crippen molar-refractivity contribution in [3.8, 4) is 0 Å². The van der Waals surface area contributed by atoms with Gasteiger partial charge in [0.05, 0.1) is 10.2 Å². The van der Waals surface area contributed by atoms with Crippen molar-refractivity contribution in [3.63, 3.8) is 0 Å². The van der Waals surface area contributed by atoms with Crippen LogP contribution in [-0.2, 0) is 4.79 Å². The number of thiazole rings is 1. The van der Waals surface area contributed by atoms with Gasteiger partial charge < -0.3 is 20.0 Å². The fourth-order valence-electron chi connectivity index (χ4n) is 3.86. The number of rotatable bonds is 3. The maximum Gasteiger partial charge on any atom is 0.320 e. The third-order valence-corrected chi connectivity index (χ3v) is 6.46. The van der Waals surface area contributed by atoms with E-state index in [0.29, 0.717) is 26.2 Å². The van der Waals surface area contributed by atoms with Gasteiger partial charge in [-0.05, 0) is 38.3 Å². The predicted molar refractivity (Wildman–Crippen MR) is 112 cm³/mol. The summed E-state index contributed by atoms with van der Waals surface area (Å²) in [5, 5.41) is 4.01. The monoisotopic (exact) mass is 401 g/mol. The summed E-state index contributed by atoms with van der Waals surface area (Å²) in [6, 6.07) is 7.75. The average molecular weight is 402 g/mol. The minimum Gasteiger partial charge on any atom is -0.350 e. The summed E-state index contributed by atoms with van der Waals surface area (Å²) in [5.74, 6) is 0.0596. The van der Waals surface area contributed by atoms with E-state index in [1.807, 2.05) is 45.9 Å². The highest BCUT2D eigenvalue weighted by Gasteiger charge is 2.29. The topological polar surface area (TPSA) is 68.8 Å². The molecule has 3 heterocycles. The maximum absolute atomic E-state index is 12.8. The third kappa shape index (κ3) is 4.06. The number of amides is 3. The number of hydrogen-bond acceptors (Lipinski definition) is 5. The van der Waals surface area contributed by atoms with Gasteiger partial charge >= 0.3 is 6.03 Å². The Kier molecular flexibility index (Phi) is 5.66. The van der Waals surface area contributed by atoms with Gasteiger partial charge in [0.1, 0.15) is 6.04 Å². The molecule has 0 aliphatic carbocycles. The molecule has 0 saturated carbocycles. The summed E-state index contributed by atoms with van der Waals surface area (Å²) in [7, 11) is 0. The molecule has 1 aromatic carbocycles. The molecule has 2 aliphatic heterocycles. The first-order valence-electron chi connectivity index (χ1n) is 10.1. The van der Waals surface area contributed by atoms with Crippen LogP contribution in [0.4, 0.5) is 9.93 Å². The second-order valence-electron chi connectivity index (χ2n) is 7.50. The van der Waals surface area contributed by atoms with Crippen LogP contribution < -0.4 is 5.32 Å². The number of aromatic nitrogens is 1. The number of hydrogen-bond donors (Lipinski definition) is 1. The molecule has 150 valence electrons. The molecular formula is C20H27N5O2S. The fraction of sp³-hybridized carbons (Fsp3) is 0.550. The molecule has 0 bridgehead atoms. The lowest BCUT2D eigenvalue weighted by atomic mass is 10.1. The molecular weight excluding hydrogens is 374 g/mol. The number of piperazine rings is 1. The molecule has 3 amide bonds. The predicted octanol–water partition coefficient (Wildman–Crippen LogP) is 2.85. The summed E-state index contributed by atoms with van der Waals surface area (Å²) in [5.41, 5.74) is 0.944. The van der Waals surface area contributed by atoms with Gasteiger partial charge in [0.25, 0.3) is 0 Å². The van der Waals surface area contributed by atoms with Crippen molar-refractivity contribution in [1.29, 1.82) is 0 Å². The van der Waals surface area contributed by atoms with Crippen LogP contribution in [0.25, 0.3) is 10.2 Å². The first-order valence-corrected chi connectivity index (χ1v) is 10.9. The Morgan fingerprint density at radius 3 is 2.32 bits per heavy atom. The molecule has 0 unspecified atom stereocenters. The molecule has 2 aliphatic rings. The van der Waals surface area contributed by atoms with Crippen LogP contribution >= 0.6 is 11.3 Å². The van der Waals surface area contributed by atoms with Gasteiger partial charge in [0.15, 0.2) is 5.13 Å². The van der Waals surface area contributed by atoms with E-state index in [0.717, 1.165) is 41.3 Å². The molecule has 0 spiro atoms. The summed E-state index contributed by atoms with van der Waals surface area (Å²) < 4.78 is 1.11. The molecule has 2 saturated heterocycles. The van der Waals surface area contributed by atoms with Crippen LogP contribution in [0.2, 0.25) is 0 Å². The second kappa shape index (κ2) is 8.34. The lowest BCUT2D eigenvalue weighted by molar-refractivity contribution is -0.133. The first-order chi connectivity index (χ1) is 13.6. The standard InChI is InChI=1S/C20H27N5O2S/c1-15(21-19-22-16-7-3-4-8-17(16)28-19)18(26)23-11-13-25(14-12-23)20(27)24-9-5-2-6-10-24/h3-4,7-8,15H,2,5-6,9-14H2,1H3,(H,21,22)/t15-/m1/s1. The molecule has 8 heteroatoms. The lowest BCUT2D eigenvalue weighted by Gasteiger charge is -2.39. The molecule has 2 fully saturated rings. The van der Waals surface area contributed by atoms with Gasteiger partial charge in [-0.15, -0.1) is 0 Å². The first kappa shape index (κ1) is 19.0. The molecule has 1 atom stereocenters. The number of benzene rings is 1. The van der Waals surface area contributed by atoms with Crippen molar-refractivity contribution >= 4 is 38.6 Å². The lowest BCUT2D eigenvalue weighted by Crippen LogP contribution is -2.56. The highest BCUT2D eigenvalue weighted by atomic mass is 32.1. The van der Waals surface area contributed by atoms with E-state index in [9.17, 15) is 9.59 Å². The van der Waals surface area contributed by atoms with Gasteiger partial charge in [0, 0.05) is 39.3 Å². The van der Waals surface area contributed by atoms with Crippen LogP contribution in [-0.4, -0.2) is 76.9 Å². The number of nitrogens with zero attached hydrogens (tertiary/aromatic N) is 4. The van der Waals surface area contributed by atoms with Crippen molar-refractivity contribution < 1.29 is 9.59 Å². The number of piperidine rings is 1. The minimum atomic E-state index is -0.343. The Bertz CT molecular complexity index is 807. The summed E-state index contributed by atoms with van der Waals surface area (Å²) in [6.45, 7) is 5.99. The molecule has 2 aromatic rings. The van der Waals surface area contributed by atoms with Crippen LogP contribution in [0.15, 0.2) is 24.3 Å². The van der Waals surface area contributed by atoms with E-state index in [1.165, 1.54) is 6.42 Å². The zero-order valence-electron chi connectivity index (χ0n) is 16.3. The zero-order valence-corrected chi connectivity index (χ0v) is 17.1. The minimum absolute atomic E-state index is 0.0596. The van der Waals surface area contributed by atoms with Crippen LogP contribution in [0.5, 0.6) is 0 Å². The van der Waals surface area contributed by atoms with Gasteiger partial charge in [-0.25, -0.2) is 9.78 Å². The zero-order chi connectivity index (χ0) is 19.5. The Labute approximate surface area is 169 Å². The highest BCUT2D eigenvalue weighted by Crippen LogP contribution is 2.26. The van der Waals surface area contributed by atoms with Crippen LogP contribution in [0.1, 0.15) is 26.2 Å². The van der Waals surface area contributed by atoms with Gasteiger partial charge in [-0.1, -0.05) is 23.5 Å². The van der Waals surface area contributed by atoms with Crippen LogP contribution in [0, 0.1) is 0 Å². The van der Waals surface area contributed by atoms with E-state index in [4.69, 9.17) is 0 Å². The SMILES string of the molecule is C[C@@H](Nc1nc2ccccc2s1)C(=O)N1CCN(C(=O)N2CCCCC2)CC1. The van der Waals surface area contributed by atoms with E-state index in [1.54, 1.807) is 11.3 Å². The smallest absolute Gasteiger partial charge is 0.320 e. The molecule has 1 aromatic heterocycles. The molecule has 1 N–H and O–H groups in total. The van der Waals surface area contributed by atoms with Crippen molar-refractivity contribution in [2.75, 3.05) is 44.6 Å². The van der Waals surface area contributed by atoms with E-state index < -0.39 is 0 Å². The highest BCUT2D eigenvalue weighted by molar-refractivity contribution is 7.22. The molecule has 4 rings (SSSR count). The Balaban J connectivity index is 1.29. The summed E-state index contributed by atoms with van der Waals surface area (Å²) >= 11 is 1.56. The average Bonchev–Trinajstić information content (AvgIpc) is 3.15. The third-order valence-electron chi connectivity index (χ3n) is 5.49. The largest absolute Gasteiger partial charge is 0.350 e. The number of para-hydroxylation sites is 1. The van der Waals surface area contributed by atoms with E-state index in [-0.39, 0.29) is 18.0 Å². The van der Waals surface area contributed by atoms with Crippen molar-refractivity contribution in [2.24, 2.45) is 0 Å². The van der Waals surface area contributed by atoms with E-state index >= 15 is 0 Å². The van der Waals surface area contributed by atoms with Gasteiger partial charge in [0.2, 0.25) is 5.91 Å². The quantitative estimate of drug-likeness (QED) is 0.859. The number of carbonyl (C=O) groups excluding carboxylic acids is 2. The maximum atomic E-state index is 12.8. The van der Waals surface area contributed by atoms with Crippen LogP contribution in [0.3, 0.4) is 0 Å². The Morgan fingerprint density at radius 2 is 1.61 bits per heavy atom. The van der Waals surface area contributed by atoms with E-state index in [2.05, 4.69) is 10.3 Å². The molecule has 0 radical (unpaired) electrons. The van der Waals surface area contributed by atoms with Crippen molar-refractivity contribution in [3.05, 3.63) is 24.3 Å². The normalized spacial score (nSPS) is 19.0. The fourth-order valence-corrected chi connectivity index (χ4v) is 4.81. The van der Waals surface area contributed by atoms with Crippen molar-refractivity contribution in [2.45, 2.75) is 32.2 Å². The molecule has 7 nitrogen and oxygen atoms in total. The number of likely N-dealkylation sites (tertiary alicyclic amines) is 1. The number of carbonyl (C=O) groups is 2. The number of anilines is 1. The van der Waals surface area contributed by atoms with Gasteiger partial charge in [-0.3, -0.25) is 4.79 Å². The second-order valence-corrected chi connectivity index (χ2v) is 8.53. The molecule has 28 heavy (non-hydrogen) atoms. The Hall–Kier alpha value is -2.35. The summed E-state index contributed by atoms with van der Waals surface area (Å²) in [4.78, 5) is 35.7. The number of urea groups is 1. The Morgan fingerprint density at radius 1 is 0.964 bits per heavy atom. The number of fused-ring (bicyclic) bond motifs is 1. The van der Waals surface area contributed by atoms with Gasteiger partial charge in [-0.2, -0.15) is 0 Å².